The van der Waals surface area contributed by atoms with Gasteiger partial charge >= 0.3 is 0 Å². The number of aliphatic imine (C=N–C) groups is 1. The first-order valence-electron chi connectivity index (χ1n) is 5.36. The minimum absolute atomic E-state index is 0.629. The Morgan fingerprint density at radius 1 is 1.46 bits per heavy atom. The third-order valence-electron chi connectivity index (χ3n) is 2.71. The molecule has 1 rings (SSSR count). The molecule has 1 saturated heterocycles. The lowest BCUT2D eigenvalue weighted by atomic mass is 10.0. The summed E-state index contributed by atoms with van der Waals surface area (Å²) in [6.45, 7) is 6.13. The molecule has 3 heteroatoms. The van der Waals surface area contributed by atoms with Crippen molar-refractivity contribution >= 4 is 5.96 Å². The highest BCUT2D eigenvalue weighted by atomic mass is 15.3. The molecule has 1 aliphatic rings. The Morgan fingerprint density at radius 2 is 2.23 bits per heavy atom. The summed E-state index contributed by atoms with van der Waals surface area (Å²) in [5.41, 5.74) is 5.90. The second kappa shape index (κ2) is 5.10. The van der Waals surface area contributed by atoms with Crippen LogP contribution in [0.3, 0.4) is 0 Å². The molecule has 1 aliphatic heterocycles. The third-order valence-corrected chi connectivity index (χ3v) is 2.71. The summed E-state index contributed by atoms with van der Waals surface area (Å²) in [5.74, 6) is 0.744. The van der Waals surface area contributed by atoms with Gasteiger partial charge in [-0.3, -0.25) is 4.99 Å². The van der Waals surface area contributed by atoms with Crippen molar-refractivity contribution in [1.82, 2.24) is 4.90 Å². The molecule has 1 unspecified atom stereocenters. The maximum absolute atomic E-state index is 5.90. The van der Waals surface area contributed by atoms with E-state index in [0.29, 0.717) is 6.04 Å². The number of hydrogen-bond acceptors (Lipinski definition) is 1. The Hall–Kier alpha value is -0.730. The summed E-state index contributed by atoms with van der Waals surface area (Å²) in [6.07, 6.45) is 5.06. The predicted molar refractivity (Wildman–Crippen MR) is 56.8 cm³/mol. The molecule has 0 radical (unpaired) electrons. The maximum atomic E-state index is 5.90. The minimum atomic E-state index is 0.629. The van der Waals surface area contributed by atoms with Gasteiger partial charge in [0, 0.05) is 19.1 Å². The zero-order chi connectivity index (χ0) is 9.68. The number of nitrogens with zero attached hydrogens (tertiary/aromatic N) is 2. The first-order valence-corrected chi connectivity index (χ1v) is 5.36. The van der Waals surface area contributed by atoms with E-state index in [9.17, 15) is 0 Å². The summed E-state index contributed by atoms with van der Waals surface area (Å²) < 4.78 is 0. The fourth-order valence-electron chi connectivity index (χ4n) is 1.98. The number of guanidine groups is 1. The van der Waals surface area contributed by atoms with Gasteiger partial charge in [0.05, 0.1) is 0 Å². The van der Waals surface area contributed by atoms with E-state index in [1.807, 2.05) is 6.92 Å². The Bertz CT molecular complexity index is 177. The van der Waals surface area contributed by atoms with Gasteiger partial charge in [0.25, 0.3) is 0 Å². The van der Waals surface area contributed by atoms with Crippen LogP contribution >= 0.6 is 0 Å². The van der Waals surface area contributed by atoms with Crippen LogP contribution < -0.4 is 5.73 Å². The van der Waals surface area contributed by atoms with Crippen molar-refractivity contribution < 1.29 is 0 Å². The van der Waals surface area contributed by atoms with E-state index in [2.05, 4.69) is 16.8 Å². The van der Waals surface area contributed by atoms with Gasteiger partial charge in [0.15, 0.2) is 5.96 Å². The first kappa shape index (κ1) is 10.4. The van der Waals surface area contributed by atoms with Gasteiger partial charge in [-0.25, -0.2) is 0 Å². The fraction of sp³-hybridized carbons (Fsp3) is 0.900. The van der Waals surface area contributed by atoms with Crippen molar-refractivity contribution in [3.63, 3.8) is 0 Å². The van der Waals surface area contributed by atoms with Crippen molar-refractivity contribution in [2.45, 2.75) is 45.6 Å². The molecule has 3 nitrogen and oxygen atoms in total. The molecular weight excluding hydrogens is 162 g/mol. The molecule has 0 saturated carbocycles. The van der Waals surface area contributed by atoms with Crippen LogP contribution in [0.2, 0.25) is 0 Å². The summed E-state index contributed by atoms with van der Waals surface area (Å²) in [6, 6.07) is 0.629. The molecule has 1 atom stereocenters. The molecule has 13 heavy (non-hydrogen) atoms. The Kier molecular flexibility index (Phi) is 4.06. The number of piperidine rings is 1. The van der Waals surface area contributed by atoms with Crippen LogP contribution in [0.4, 0.5) is 0 Å². The molecule has 0 aromatic heterocycles. The van der Waals surface area contributed by atoms with Crippen molar-refractivity contribution in [1.29, 1.82) is 0 Å². The highest BCUT2D eigenvalue weighted by molar-refractivity contribution is 5.78. The second-order valence-electron chi connectivity index (χ2n) is 3.58. The predicted octanol–water partition coefficient (Wildman–Crippen LogP) is 1.59. The molecule has 0 amide bonds. The van der Waals surface area contributed by atoms with Crippen LogP contribution in [0, 0.1) is 0 Å². The zero-order valence-electron chi connectivity index (χ0n) is 8.79. The monoisotopic (exact) mass is 183 g/mol. The quantitative estimate of drug-likeness (QED) is 0.521. The van der Waals surface area contributed by atoms with E-state index in [1.165, 1.54) is 25.7 Å². The Balaban J connectivity index is 2.58. The van der Waals surface area contributed by atoms with E-state index < -0.39 is 0 Å². The molecule has 0 aliphatic carbocycles. The summed E-state index contributed by atoms with van der Waals surface area (Å²) in [5, 5.41) is 0. The summed E-state index contributed by atoms with van der Waals surface area (Å²) in [7, 11) is 0. The van der Waals surface area contributed by atoms with Crippen LogP contribution in [0.5, 0.6) is 0 Å². The average Bonchev–Trinajstić information content (AvgIpc) is 2.18. The lowest BCUT2D eigenvalue weighted by Crippen LogP contribution is -2.47. The van der Waals surface area contributed by atoms with Crippen LogP contribution in [0.1, 0.15) is 39.5 Å². The minimum Gasteiger partial charge on any atom is -0.370 e. The van der Waals surface area contributed by atoms with Crippen molar-refractivity contribution in [3.05, 3.63) is 0 Å². The van der Waals surface area contributed by atoms with E-state index in [1.54, 1.807) is 0 Å². The largest absolute Gasteiger partial charge is 0.370 e. The highest BCUT2D eigenvalue weighted by Gasteiger charge is 2.21. The van der Waals surface area contributed by atoms with Gasteiger partial charge in [-0.2, -0.15) is 0 Å². The lowest BCUT2D eigenvalue weighted by Gasteiger charge is -2.36. The van der Waals surface area contributed by atoms with Crippen LogP contribution in [-0.4, -0.2) is 30.0 Å². The SMILES string of the molecule is CCN=C(N)N1CCCCC1CC. The van der Waals surface area contributed by atoms with Gasteiger partial charge in [0.2, 0.25) is 0 Å². The standard InChI is InChI=1S/C10H21N3/c1-3-9-7-5-6-8-13(9)10(11)12-4-2/h9H,3-8H2,1-2H3,(H2,11,12). The Morgan fingerprint density at radius 3 is 2.85 bits per heavy atom. The molecule has 1 fully saturated rings. The van der Waals surface area contributed by atoms with Gasteiger partial charge in [-0.1, -0.05) is 6.92 Å². The maximum Gasteiger partial charge on any atom is 0.191 e. The molecule has 0 aromatic carbocycles. The van der Waals surface area contributed by atoms with E-state index in [-0.39, 0.29) is 0 Å². The van der Waals surface area contributed by atoms with Crippen molar-refractivity contribution in [3.8, 4) is 0 Å². The zero-order valence-corrected chi connectivity index (χ0v) is 8.79. The van der Waals surface area contributed by atoms with Crippen LogP contribution in [0.25, 0.3) is 0 Å². The lowest BCUT2D eigenvalue weighted by molar-refractivity contribution is 0.233. The van der Waals surface area contributed by atoms with Crippen molar-refractivity contribution in [2.75, 3.05) is 13.1 Å². The number of rotatable bonds is 2. The van der Waals surface area contributed by atoms with Crippen LogP contribution in [-0.2, 0) is 0 Å². The molecule has 0 spiro atoms. The third kappa shape index (κ3) is 2.61. The molecule has 0 bridgehead atoms. The van der Waals surface area contributed by atoms with Crippen molar-refractivity contribution in [2.24, 2.45) is 10.7 Å². The fourth-order valence-corrected chi connectivity index (χ4v) is 1.98. The van der Waals surface area contributed by atoms with E-state index >= 15 is 0 Å². The molecular formula is C10H21N3. The average molecular weight is 183 g/mol. The molecule has 76 valence electrons. The van der Waals surface area contributed by atoms with Crippen LogP contribution in [0.15, 0.2) is 4.99 Å². The highest BCUT2D eigenvalue weighted by Crippen LogP contribution is 2.18. The number of nitrogens with two attached hydrogens (primary N) is 1. The van der Waals surface area contributed by atoms with Gasteiger partial charge in [0.1, 0.15) is 0 Å². The molecule has 2 N–H and O–H groups in total. The van der Waals surface area contributed by atoms with Gasteiger partial charge in [-0.05, 0) is 32.6 Å². The second-order valence-corrected chi connectivity index (χ2v) is 3.58. The topological polar surface area (TPSA) is 41.6 Å². The Labute approximate surface area is 81.0 Å². The van der Waals surface area contributed by atoms with Gasteiger partial charge < -0.3 is 10.6 Å². The normalized spacial score (nSPS) is 24.9. The molecule has 0 aromatic rings. The number of likely N-dealkylation sites (tertiary alicyclic amines) is 1. The first-order chi connectivity index (χ1) is 6.29. The summed E-state index contributed by atoms with van der Waals surface area (Å²) >= 11 is 0. The summed E-state index contributed by atoms with van der Waals surface area (Å²) in [4.78, 5) is 6.54. The van der Waals surface area contributed by atoms with E-state index in [0.717, 1.165) is 19.0 Å². The molecule has 1 heterocycles. The number of hydrogen-bond donors (Lipinski definition) is 1. The smallest absolute Gasteiger partial charge is 0.191 e. The van der Waals surface area contributed by atoms with E-state index in [4.69, 9.17) is 5.73 Å². The van der Waals surface area contributed by atoms with Gasteiger partial charge in [-0.15, -0.1) is 0 Å².